The van der Waals surface area contributed by atoms with Gasteiger partial charge in [0.05, 0.1) is 0 Å². The van der Waals surface area contributed by atoms with Gasteiger partial charge in [-0.1, -0.05) is 28.8 Å². The number of hydrogen-bond acceptors (Lipinski definition) is 3. The van der Waals surface area contributed by atoms with Crippen LogP contribution in [0.4, 0.5) is 4.39 Å². The van der Waals surface area contributed by atoms with E-state index in [9.17, 15) is 12.8 Å². The normalized spacial score (nSPS) is 24.4. The topological polar surface area (TPSA) is 72.2 Å². The highest BCUT2D eigenvalue weighted by Crippen LogP contribution is 2.22. The maximum Gasteiger partial charge on any atom is 0.243 e. The van der Waals surface area contributed by atoms with Gasteiger partial charge in [0.1, 0.15) is 10.7 Å². The van der Waals surface area contributed by atoms with E-state index in [-0.39, 0.29) is 17.0 Å². The lowest BCUT2D eigenvalue weighted by molar-refractivity contribution is 0.360. The van der Waals surface area contributed by atoms with Crippen LogP contribution in [0.3, 0.4) is 0 Å². The quantitative estimate of drug-likeness (QED) is 0.876. The predicted octanol–water partition coefficient (Wildman–Crippen LogP) is 2.14. The molecule has 0 amide bonds. The third-order valence-corrected chi connectivity index (χ3v) is 5.33. The van der Waals surface area contributed by atoms with E-state index in [1.807, 2.05) is 0 Å². The summed E-state index contributed by atoms with van der Waals surface area (Å²) in [6, 6.07) is 3.35. The van der Waals surface area contributed by atoms with Gasteiger partial charge in [0, 0.05) is 16.6 Å². The van der Waals surface area contributed by atoms with Gasteiger partial charge in [0.25, 0.3) is 0 Å². The number of benzene rings is 1. The summed E-state index contributed by atoms with van der Waals surface area (Å²) in [5, 5.41) is 0. The zero-order valence-electron chi connectivity index (χ0n) is 10.3. The molecule has 0 aromatic heterocycles. The summed E-state index contributed by atoms with van der Waals surface area (Å²) in [5.41, 5.74) is 5.90. The van der Waals surface area contributed by atoms with Crippen molar-refractivity contribution in [3.63, 3.8) is 0 Å². The molecule has 1 fully saturated rings. The summed E-state index contributed by atoms with van der Waals surface area (Å²) in [6.45, 7) is 0. The first kappa shape index (κ1) is 14.9. The van der Waals surface area contributed by atoms with Crippen LogP contribution in [0.25, 0.3) is 0 Å². The van der Waals surface area contributed by atoms with Crippen molar-refractivity contribution >= 4 is 26.0 Å². The first-order valence-corrected chi connectivity index (χ1v) is 8.41. The Morgan fingerprint density at radius 3 is 2.63 bits per heavy atom. The van der Waals surface area contributed by atoms with Crippen LogP contribution in [0.2, 0.25) is 0 Å². The van der Waals surface area contributed by atoms with Gasteiger partial charge in [-0.05, 0) is 31.0 Å². The molecule has 106 valence electrons. The molecule has 7 heteroatoms. The van der Waals surface area contributed by atoms with E-state index < -0.39 is 15.8 Å². The van der Waals surface area contributed by atoms with E-state index in [2.05, 4.69) is 20.7 Å². The summed E-state index contributed by atoms with van der Waals surface area (Å²) in [4.78, 5) is -0.339. The van der Waals surface area contributed by atoms with Crippen LogP contribution >= 0.6 is 15.9 Å². The highest BCUT2D eigenvalue weighted by atomic mass is 79.9. The minimum Gasteiger partial charge on any atom is -0.326 e. The van der Waals surface area contributed by atoms with Crippen molar-refractivity contribution in [1.29, 1.82) is 0 Å². The second-order valence-electron chi connectivity index (χ2n) is 4.75. The van der Waals surface area contributed by atoms with Crippen molar-refractivity contribution in [3.05, 3.63) is 28.5 Å². The summed E-state index contributed by atoms with van der Waals surface area (Å²) in [5.74, 6) is -0.772. The average molecular weight is 351 g/mol. The molecular formula is C12H16BrFN2O2S. The van der Waals surface area contributed by atoms with Gasteiger partial charge < -0.3 is 5.73 Å². The van der Waals surface area contributed by atoms with Crippen molar-refractivity contribution in [3.8, 4) is 0 Å². The molecule has 1 saturated carbocycles. The number of rotatable bonds is 3. The lowest BCUT2D eigenvalue weighted by Crippen LogP contribution is -2.49. The van der Waals surface area contributed by atoms with Gasteiger partial charge in [-0.25, -0.2) is 17.5 Å². The van der Waals surface area contributed by atoms with Gasteiger partial charge in [0.15, 0.2) is 0 Å². The zero-order chi connectivity index (χ0) is 14.0. The highest BCUT2D eigenvalue weighted by molar-refractivity contribution is 9.10. The number of sulfonamides is 1. The molecule has 1 aromatic carbocycles. The molecule has 0 heterocycles. The van der Waals surface area contributed by atoms with Gasteiger partial charge >= 0.3 is 0 Å². The fourth-order valence-corrected chi connectivity index (χ4v) is 3.98. The second kappa shape index (κ2) is 5.87. The molecule has 1 aliphatic rings. The standard InChI is InChI=1S/C12H16BrFN2O2S/c13-8-5-6-12(9(14)7-8)19(17,18)16-11-4-2-1-3-10(11)15/h5-7,10-11,16H,1-4,15H2/t10-,11-/m1/s1. The Bertz CT molecular complexity index is 565. The molecule has 19 heavy (non-hydrogen) atoms. The lowest BCUT2D eigenvalue weighted by Gasteiger charge is -2.29. The molecule has 1 aliphatic carbocycles. The van der Waals surface area contributed by atoms with Crippen molar-refractivity contribution in [2.45, 2.75) is 42.7 Å². The molecule has 0 unspecified atom stereocenters. The third-order valence-electron chi connectivity index (χ3n) is 3.31. The maximum atomic E-state index is 13.7. The van der Waals surface area contributed by atoms with E-state index in [0.717, 1.165) is 25.3 Å². The predicted molar refractivity (Wildman–Crippen MR) is 74.7 cm³/mol. The lowest BCUT2D eigenvalue weighted by atomic mass is 9.92. The molecule has 2 rings (SSSR count). The van der Waals surface area contributed by atoms with Crippen molar-refractivity contribution in [2.75, 3.05) is 0 Å². The molecule has 3 N–H and O–H groups in total. The van der Waals surface area contributed by atoms with Crippen LogP contribution in [0.1, 0.15) is 25.7 Å². The largest absolute Gasteiger partial charge is 0.326 e. The fraction of sp³-hybridized carbons (Fsp3) is 0.500. The first-order chi connectivity index (χ1) is 8.90. The van der Waals surface area contributed by atoms with E-state index in [1.54, 1.807) is 0 Å². The van der Waals surface area contributed by atoms with Gasteiger partial charge in [-0.2, -0.15) is 0 Å². The summed E-state index contributed by atoms with van der Waals surface area (Å²) >= 11 is 3.10. The Morgan fingerprint density at radius 2 is 2.00 bits per heavy atom. The summed E-state index contributed by atoms with van der Waals surface area (Å²) in [6.07, 6.45) is 3.42. The molecule has 0 spiro atoms. The number of halogens is 2. The number of nitrogens with one attached hydrogen (secondary N) is 1. The fourth-order valence-electron chi connectivity index (χ4n) is 2.26. The van der Waals surface area contributed by atoms with E-state index in [0.29, 0.717) is 10.9 Å². The van der Waals surface area contributed by atoms with E-state index >= 15 is 0 Å². The molecule has 0 radical (unpaired) electrons. The van der Waals surface area contributed by atoms with E-state index in [4.69, 9.17) is 5.73 Å². The highest BCUT2D eigenvalue weighted by Gasteiger charge is 2.28. The number of nitrogens with two attached hydrogens (primary N) is 1. The Morgan fingerprint density at radius 1 is 1.32 bits per heavy atom. The van der Waals surface area contributed by atoms with Crippen molar-refractivity contribution in [2.24, 2.45) is 5.73 Å². The minimum absolute atomic E-state index is 0.206. The Balaban J connectivity index is 2.22. The monoisotopic (exact) mass is 350 g/mol. The zero-order valence-corrected chi connectivity index (χ0v) is 12.7. The smallest absolute Gasteiger partial charge is 0.243 e. The SMILES string of the molecule is N[C@@H]1CCCC[C@H]1NS(=O)(=O)c1ccc(Br)cc1F. The second-order valence-corrected chi connectivity index (χ2v) is 7.35. The van der Waals surface area contributed by atoms with Crippen molar-refractivity contribution in [1.82, 2.24) is 4.72 Å². The van der Waals surface area contributed by atoms with E-state index in [1.165, 1.54) is 12.1 Å². The molecule has 4 nitrogen and oxygen atoms in total. The van der Waals surface area contributed by atoms with Crippen LogP contribution in [-0.2, 0) is 10.0 Å². The van der Waals surface area contributed by atoms with Gasteiger partial charge in [-0.3, -0.25) is 0 Å². The molecule has 2 atom stereocenters. The Hall–Kier alpha value is -0.500. The third kappa shape index (κ3) is 3.53. The average Bonchev–Trinajstić information content (AvgIpc) is 2.31. The molecule has 1 aromatic rings. The van der Waals surface area contributed by atoms with Crippen LogP contribution in [0.15, 0.2) is 27.6 Å². The van der Waals surface area contributed by atoms with Crippen LogP contribution in [-0.4, -0.2) is 20.5 Å². The minimum atomic E-state index is -3.87. The van der Waals surface area contributed by atoms with Crippen LogP contribution < -0.4 is 10.5 Å². The molecular weight excluding hydrogens is 335 g/mol. The van der Waals surface area contributed by atoms with Gasteiger partial charge in [-0.15, -0.1) is 0 Å². The van der Waals surface area contributed by atoms with Crippen molar-refractivity contribution < 1.29 is 12.8 Å². The van der Waals surface area contributed by atoms with Crippen LogP contribution in [0, 0.1) is 5.82 Å². The Labute approximate surface area is 120 Å². The van der Waals surface area contributed by atoms with Crippen LogP contribution in [0.5, 0.6) is 0 Å². The number of hydrogen-bond donors (Lipinski definition) is 2. The Kier molecular flexibility index (Phi) is 4.60. The first-order valence-electron chi connectivity index (χ1n) is 6.13. The molecule has 0 saturated heterocycles. The molecule has 0 aliphatic heterocycles. The summed E-state index contributed by atoms with van der Waals surface area (Å²) < 4.78 is 41.0. The molecule has 0 bridgehead atoms. The van der Waals surface area contributed by atoms with Gasteiger partial charge in [0.2, 0.25) is 10.0 Å². The maximum absolute atomic E-state index is 13.7. The summed E-state index contributed by atoms with van der Waals surface area (Å²) in [7, 11) is -3.87.